The van der Waals surface area contributed by atoms with Gasteiger partial charge in [0.2, 0.25) is 0 Å². The summed E-state index contributed by atoms with van der Waals surface area (Å²) in [5.74, 6) is 0.158. The Morgan fingerprint density at radius 3 is 2.50 bits per heavy atom. The highest BCUT2D eigenvalue weighted by Gasteiger charge is 2.17. The van der Waals surface area contributed by atoms with Crippen molar-refractivity contribution >= 4 is 22.6 Å². The van der Waals surface area contributed by atoms with Gasteiger partial charge < -0.3 is 19.8 Å². The van der Waals surface area contributed by atoms with Gasteiger partial charge in [-0.3, -0.25) is 4.79 Å². The third-order valence-corrected chi connectivity index (χ3v) is 4.88. The second-order valence-corrected chi connectivity index (χ2v) is 6.55. The van der Waals surface area contributed by atoms with Crippen LogP contribution >= 0.6 is 0 Å². The SMILES string of the molecule is CCc1c(OC)ccc2cc(C(=O)Nc3ccc([C@@H](C)NC)cc3)c(=O)oc12. The second kappa shape index (κ2) is 8.27. The molecule has 146 valence electrons. The van der Waals surface area contributed by atoms with E-state index in [-0.39, 0.29) is 11.6 Å². The summed E-state index contributed by atoms with van der Waals surface area (Å²) in [6.45, 7) is 4.00. The van der Waals surface area contributed by atoms with E-state index in [0.717, 1.165) is 11.1 Å². The summed E-state index contributed by atoms with van der Waals surface area (Å²) in [5.41, 5.74) is 2.26. The largest absolute Gasteiger partial charge is 0.496 e. The number of carbonyl (C=O) groups is 1. The summed E-state index contributed by atoms with van der Waals surface area (Å²) in [6, 6.07) is 12.8. The Labute approximate surface area is 163 Å². The van der Waals surface area contributed by atoms with Gasteiger partial charge in [-0.05, 0) is 56.3 Å². The molecule has 0 aliphatic heterocycles. The number of hydrogen-bond acceptors (Lipinski definition) is 5. The molecule has 0 unspecified atom stereocenters. The molecule has 0 spiro atoms. The Morgan fingerprint density at radius 2 is 1.89 bits per heavy atom. The van der Waals surface area contributed by atoms with Crippen LogP contribution in [-0.4, -0.2) is 20.1 Å². The van der Waals surface area contributed by atoms with E-state index in [1.165, 1.54) is 0 Å². The Kier molecular flexibility index (Phi) is 5.80. The van der Waals surface area contributed by atoms with Crippen LogP contribution in [0.25, 0.3) is 11.0 Å². The number of benzene rings is 2. The van der Waals surface area contributed by atoms with Crippen molar-refractivity contribution < 1.29 is 13.9 Å². The molecule has 0 fully saturated rings. The Morgan fingerprint density at radius 1 is 1.18 bits per heavy atom. The van der Waals surface area contributed by atoms with E-state index >= 15 is 0 Å². The zero-order chi connectivity index (χ0) is 20.3. The fourth-order valence-corrected chi connectivity index (χ4v) is 3.13. The number of hydrogen-bond donors (Lipinski definition) is 2. The van der Waals surface area contributed by atoms with Crippen molar-refractivity contribution in [3.8, 4) is 5.75 Å². The van der Waals surface area contributed by atoms with Gasteiger partial charge in [0.25, 0.3) is 5.91 Å². The first-order chi connectivity index (χ1) is 13.5. The van der Waals surface area contributed by atoms with Crippen LogP contribution in [0.4, 0.5) is 5.69 Å². The van der Waals surface area contributed by atoms with Crippen molar-refractivity contribution in [3.63, 3.8) is 0 Å². The fourth-order valence-electron chi connectivity index (χ4n) is 3.13. The highest BCUT2D eigenvalue weighted by atomic mass is 16.5. The van der Waals surface area contributed by atoms with Crippen LogP contribution in [0.5, 0.6) is 5.75 Å². The van der Waals surface area contributed by atoms with Crippen molar-refractivity contribution in [2.24, 2.45) is 0 Å². The lowest BCUT2D eigenvalue weighted by Gasteiger charge is -2.12. The number of nitrogens with one attached hydrogen (secondary N) is 2. The van der Waals surface area contributed by atoms with Gasteiger partial charge in [0.1, 0.15) is 16.9 Å². The summed E-state index contributed by atoms with van der Waals surface area (Å²) in [7, 11) is 3.46. The van der Waals surface area contributed by atoms with Gasteiger partial charge in [-0.2, -0.15) is 0 Å². The van der Waals surface area contributed by atoms with E-state index in [0.29, 0.717) is 28.8 Å². The molecule has 0 radical (unpaired) electrons. The fraction of sp³-hybridized carbons (Fsp3) is 0.273. The molecule has 0 bridgehead atoms. The number of aryl methyl sites for hydroxylation is 1. The maximum Gasteiger partial charge on any atom is 0.349 e. The molecular weight excluding hydrogens is 356 g/mol. The summed E-state index contributed by atoms with van der Waals surface area (Å²) < 4.78 is 10.8. The summed E-state index contributed by atoms with van der Waals surface area (Å²) in [5, 5.41) is 6.60. The van der Waals surface area contributed by atoms with Crippen molar-refractivity contribution in [2.45, 2.75) is 26.3 Å². The molecule has 0 saturated carbocycles. The van der Waals surface area contributed by atoms with Gasteiger partial charge in [-0.15, -0.1) is 0 Å². The summed E-state index contributed by atoms with van der Waals surface area (Å²) in [4.78, 5) is 25.1. The molecule has 2 aromatic carbocycles. The van der Waals surface area contributed by atoms with E-state index in [9.17, 15) is 9.59 Å². The standard InChI is InChI=1S/C22H24N2O4/c1-5-17-19(27-4)11-8-15-12-18(22(26)28-20(15)17)21(25)24-16-9-6-14(7-10-16)13(2)23-3/h6-13,23H,5H2,1-4H3,(H,24,25)/t13-/m1/s1. The van der Waals surface area contributed by atoms with Gasteiger partial charge in [-0.1, -0.05) is 19.1 Å². The smallest absolute Gasteiger partial charge is 0.349 e. The molecule has 6 nitrogen and oxygen atoms in total. The molecule has 0 aliphatic rings. The minimum atomic E-state index is -0.673. The number of fused-ring (bicyclic) bond motifs is 1. The molecule has 1 heterocycles. The topological polar surface area (TPSA) is 80.6 Å². The van der Waals surface area contributed by atoms with Crippen molar-refractivity contribution in [1.29, 1.82) is 0 Å². The van der Waals surface area contributed by atoms with E-state index in [1.807, 2.05) is 51.2 Å². The lowest BCUT2D eigenvalue weighted by molar-refractivity contribution is 0.102. The van der Waals surface area contributed by atoms with Crippen LogP contribution in [0.3, 0.4) is 0 Å². The Bertz CT molecular complexity index is 1050. The van der Waals surface area contributed by atoms with Crippen LogP contribution in [0.2, 0.25) is 0 Å². The lowest BCUT2D eigenvalue weighted by Crippen LogP contribution is -2.21. The first-order valence-corrected chi connectivity index (χ1v) is 9.20. The average molecular weight is 380 g/mol. The summed E-state index contributed by atoms with van der Waals surface area (Å²) in [6.07, 6.45) is 0.645. The minimum Gasteiger partial charge on any atom is -0.496 e. The lowest BCUT2D eigenvalue weighted by atomic mass is 10.1. The molecule has 3 rings (SSSR count). The van der Waals surface area contributed by atoms with Gasteiger partial charge in [0.05, 0.1) is 7.11 Å². The van der Waals surface area contributed by atoms with Gasteiger partial charge >= 0.3 is 5.63 Å². The molecule has 28 heavy (non-hydrogen) atoms. The van der Waals surface area contributed by atoms with Gasteiger partial charge in [0, 0.05) is 22.7 Å². The predicted octanol–water partition coefficient (Wildman–Crippen LogP) is 3.90. The zero-order valence-corrected chi connectivity index (χ0v) is 16.5. The van der Waals surface area contributed by atoms with E-state index < -0.39 is 11.5 Å². The third-order valence-electron chi connectivity index (χ3n) is 4.88. The first kappa shape index (κ1) is 19.6. The molecular formula is C22H24N2O4. The van der Waals surface area contributed by atoms with Crippen molar-refractivity contribution in [3.05, 3.63) is 69.6 Å². The highest BCUT2D eigenvalue weighted by molar-refractivity contribution is 6.05. The Hall–Kier alpha value is -3.12. The predicted molar refractivity (Wildman–Crippen MR) is 110 cm³/mol. The first-order valence-electron chi connectivity index (χ1n) is 9.20. The normalized spacial score (nSPS) is 12.0. The van der Waals surface area contributed by atoms with E-state index in [4.69, 9.17) is 9.15 Å². The molecule has 0 aliphatic carbocycles. The number of anilines is 1. The average Bonchev–Trinajstić information content (AvgIpc) is 2.72. The van der Waals surface area contributed by atoms with Crippen molar-refractivity contribution in [2.75, 3.05) is 19.5 Å². The molecule has 6 heteroatoms. The van der Waals surface area contributed by atoms with Crippen LogP contribution in [0.1, 0.15) is 41.4 Å². The molecule has 1 amide bonds. The number of amides is 1. The maximum atomic E-state index is 12.6. The van der Waals surface area contributed by atoms with Crippen LogP contribution < -0.4 is 21.0 Å². The number of carbonyl (C=O) groups excluding carboxylic acids is 1. The molecule has 1 atom stereocenters. The number of ether oxygens (including phenoxy) is 1. The molecule has 3 aromatic rings. The monoisotopic (exact) mass is 380 g/mol. The van der Waals surface area contributed by atoms with Gasteiger partial charge in [-0.25, -0.2) is 4.79 Å². The summed E-state index contributed by atoms with van der Waals surface area (Å²) >= 11 is 0. The van der Waals surface area contributed by atoms with Crippen LogP contribution in [0.15, 0.2) is 51.7 Å². The second-order valence-electron chi connectivity index (χ2n) is 6.55. The highest BCUT2D eigenvalue weighted by Crippen LogP contribution is 2.28. The zero-order valence-electron chi connectivity index (χ0n) is 16.5. The molecule has 2 N–H and O–H groups in total. The van der Waals surface area contributed by atoms with Crippen LogP contribution in [0, 0.1) is 0 Å². The number of rotatable bonds is 6. The molecule has 0 saturated heterocycles. The van der Waals surface area contributed by atoms with Crippen LogP contribution in [-0.2, 0) is 6.42 Å². The third kappa shape index (κ3) is 3.77. The van der Waals surface area contributed by atoms with E-state index in [2.05, 4.69) is 10.6 Å². The molecule has 1 aromatic heterocycles. The van der Waals surface area contributed by atoms with Gasteiger partial charge in [0.15, 0.2) is 0 Å². The Balaban J connectivity index is 1.91. The quantitative estimate of drug-likeness (QED) is 0.634. The van der Waals surface area contributed by atoms with E-state index in [1.54, 1.807) is 19.2 Å². The minimum absolute atomic E-state index is 0.0348. The maximum absolute atomic E-state index is 12.6. The number of methoxy groups -OCH3 is 1. The van der Waals surface area contributed by atoms with Crippen molar-refractivity contribution in [1.82, 2.24) is 5.32 Å².